The number of pyridine rings is 1. The first-order chi connectivity index (χ1) is 16.0. The molecular weight excluding hydrogens is 426 g/mol. The molecule has 0 bridgehead atoms. The van der Waals surface area contributed by atoms with E-state index in [1.54, 1.807) is 61.7 Å². The number of hydrogen-bond acceptors (Lipinski definition) is 7. The number of carbonyl (C=O) groups excluding carboxylic acids is 1. The van der Waals surface area contributed by atoms with Gasteiger partial charge in [0, 0.05) is 11.8 Å². The molecule has 0 fully saturated rings. The predicted octanol–water partition coefficient (Wildman–Crippen LogP) is 2.23. The summed E-state index contributed by atoms with van der Waals surface area (Å²) in [5.74, 6) is 1.50. The van der Waals surface area contributed by atoms with Crippen molar-refractivity contribution in [3.8, 4) is 17.2 Å². The van der Waals surface area contributed by atoms with Crippen molar-refractivity contribution < 1.29 is 19.0 Å². The average molecular weight is 445 g/mol. The van der Waals surface area contributed by atoms with E-state index in [0.29, 0.717) is 33.9 Å². The molecule has 0 amide bonds. The standard InChI is InChI=1S/C24H19N3O6/c1-31-17-7-5-16(6-8-17)19(28)13-26-18-3-2-10-25-22(18)23(29)27(24(26)30)12-15-4-9-20-21(11-15)33-14-32-20/h2-11H,12-14H2,1H3. The first-order valence-electron chi connectivity index (χ1n) is 10.2. The molecule has 9 nitrogen and oxygen atoms in total. The van der Waals surface area contributed by atoms with Gasteiger partial charge in [0.1, 0.15) is 5.75 Å². The van der Waals surface area contributed by atoms with Gasteiger partial charge in [0.2, 0.25) is 6.79 Å². The summed E-state index contributed by atoms with van der Waals surface area (Å²) in [7, 11) is 1.54. The van der Waals surface area contributed by atoms with Crippen LogP contribution >= 0.6 is 0 Å². The number of ether oxygens (including phenoxy) is 3. The van der Waals surface area contributed by atoms with E-state index >= 15 is 0 Å². The van der Waals surface area contributed by atoms with Crippen molar-refractivity contribution in [1.82, 2.24) is 14.1 Å². The molecule has 9 heteroatoms. The maximum atomic E-state index is 13.4. The molecular formula is C24H19N3O6. The molecule has 0 saturated heterocycles. The van der Waals surface area contributed by atoms with Gasteiger partial charge in [0.15, 0.2) is 22.8 Å². The lowest BCUT2D eigenvalue weighted by atomic mass is 10.1. The van der Waals surface area contributed by atoms with Crippen LogP contribution in [0.4, 0.5) is 0 Å². The Kier molecular flexibility index (Phi) is 5.14. The number of carbonyl (C=O) groups is 1. The third-order valence-electron chi connectivity index (χ3n) is 5.48. The second kappa shape index (κ2) is 8.27. The Morgan fingerprint density at radius 3 is 2.61 bits per heavy atom. The summed E-state index contributed by atoms with van der Waals surface area (Å²) in [6.07, 6.45) is 1.48. The molecule has 0 atom stereocenters. The number of Topliss-reactive ketones (excluding diaryl/α,β-unsaturated/α-hetero) is 1. The minimum absolute atomic E-state index is 0.00243. The number of rotatable bonds is 6. The Hall–Kier alpha value is -4.40. The molecule has 1 aliphatic rings. The number of fused-ring (bicyclic) bond motifs is 2. The molecule has 4 aromatic rings. The zero-order chi connectivity index (χ0) is 22.9. The molecule has 166 valence electrons. The van der Waals surface area contributed by atoms with E-state index in [-0.39, 0.29) is 31.2 Å². The number of ketones is 1. The van der Waals surface area contributed by atoms with Gasteiger partial charge >= 0.3 is 5.69 Å². The van der Waals surface area contributed by atoms with Crippen LogP contribution in [0.5, 0.6) is 17.2 Å². The second-order valence-corrected chi connectivity index (χ2v) is 7.47. The maximum absolute atomic E-state index is 13.4. The minimum atomic E-state index is -0.597. The second-order valence-electron chi connectivity index (χ2n) is 7.47. The first kappa shape index (κ1) is 20.5. The lowest BCUT2D eigenvalue weighted by Gasteiger charge is -2.13. The van der Waals surface area contributed by atoms with E-state index in [1.807, 2.05) is 0 Å². The van der Waals surface area contributed by atoms with Crippen LogP contribution in [0, 0.1) is 0 Å². The van der Waals surface area contributed by atoms with E-state index in [9.17, 15) is 14.4 Å². The third-order valence-corrected chi connectivity index (χ3v) is 5.48. The number of benzene rings is 2. The van der Waals surface area contributed by atoms with Gasteiger partial charge < -0.3 is 14.2 Å². The molecule has 2 aromatic carbocycles. The fourth-order valence-electron chi connectivity index (χ4n) is 3.77. The summed E-state index contributed by atoms with van der Waals surface area (Å²) in [6, 6.07) is 15.1. The third kappa shape index (κ3) is 3.73. The van der Waals surface area contributed by atoms with Gasteiger partial charge in [-0.3, -0.25) is 18.7 Å². The summed E-state index contributed by atoms with van der Waals surface area (Å²) >= 11 is 0. The summed E-state index contributed by atoms with van der Waals surface area (Å²) in [5.41, 5.74) is 0.396. The van der Waals surface area contributed by atoms with Crippen LogP contribution in [0.15, 0.2) is 70.4 Å². The molecule has 5 rings (SSSR count). The number of aromatic nitrogens is 3. The Labute approximate surface area is 187 Å². The van der Waals surface area contributed by atoms with Gasteiger partial charge in [-0.2, -0.15) is 0 Å². The Balaban J connectivity index is 1.57. The highest BCUT2D eigenvalue weighted by Gasteiger charge is 2.19. The van der Waals surface area contributed by atoms with Gasteiger partial charge in [-0.25, -0.2) is 9.78 Å². The maximum Gasteiger partial charge on any atom is 0.332 e. The van der Waals surface area contributed by atoms with Crippen molar-refractivity contribution in [2.24, 2.45) is 0 Å². The molecule has 0 unspecified atom stereocenters. The summed E-state index contributed by atoms with van der Waals surface area (Å²) in [6.45, 7) is -0.120. The fourth-order valence-corrected chi connectivity index (χ4v) is 3.77. The van der Waals surface area contributed by atoms with Crippen molar-refractivity contribution in [3.05, 3.63) is 92.8 Å². The Morgan fingerprint density at radius 1 is 1.03 bits per heavy atom. The fraction of sp³-hybridized carbons (Fsp3) is 0.167. The zero-order valence-electron chi connectivity index (χ0n) is 17.7. The van der Waals surface area contributed by atoms with Crippen LogP contribution in [0.2, 0.25) is 0 Å². The molecule has 3 heterocycles. The molecule has 0 aliphatic carbocycles. The quantitative estimate of drug-likeness (QED) is 0.420. The van der Waals surface area contributed by atoms with Crippen molar-refractivity contribution in [3.63, 3.8) is 0 Å². The molecule has 0 spiro atoms. The van der Waals surface area contributed by atoms with Crippen molar-refractivity contribution in [1.29, 1.82) is 0 Å². The van der Waals surface area contributed by atoms with Crippen molar-refractivity contribution >= 4 is 16.8 Å². The highest BCUT2D eigenvalue weighted by atomic mass is 16.7. The van der Waals surface area contributed by atoms with Crippen LogP contribution in [0.25, 0.3) is 11.0 Å². The van der Waals surface area contributed by atoms with E-state index in [0.717, 1.165) is 4.57 Å². The van der Waals surface area contributed by atoms with Crippen molar-refractivity contribution in [2.45, 2.75) is 13.1 Å². The lowest BCUT2D eigenvalue weighted by Crippen LogP contribution is -2.41. The predicted molar refractivity (Wildman–Crippen MR) is 119 cm³/mol. The van der Waals surface area contributed by atoms with E-state index in [4.69, 9.17) is 14.2 Å². The highest BCUT2D eigenvalue weighted by molar-refractivity contribution is 5.96. The van der Waals surface area contributed by atoms with Gasteiger partial charge in [-0.05, 0) is 54.1 Å². The van der Waals surface area contributed by atoms with E-state index < -0.39 is 11.2 Å². The van der Waals surface area contributed by atoms with E-state index in [1.165, 1.54) is 10.8 Å². The van der Waals surface area contributed by atoms with E-state index in [2.05, 4.69) is 4.98 Å². The largest absolute Gasteiger partial charge is 0.497 e. The number of hydrogen-bond donors (Lipinski definition) is 0. The van der Waals surface area contributed by atoms with Crippen LogP contribution in [0.3, 0.4) is 0 Å². The minimum Gasteiger partial charge on any atom is -0.497 e. The number of nitrogens with zero attached hydrogens (tertiary/aromatic N) is 3. The summed E-state index contributed by atoms with van der Waals surface area (Å²) in [4.78, 5) is 43.6. The van der Waals surface area contributed by atoms with Gasteiger partial charge in [0.25, 0.3) is 5.56 Å². The summed E-state index contributed by atoms with van der Waals surface area (Å²) in [5, 5.41) is 0. The SMILES string of the molecule is COc1ccc(C(=O)Cn2c(=O)n(Cc3ccc4c(c3)OCO4)c(=O)c3ncccc32)cc1. The first-order valence-corrected chi connectivity index (χ1v) is 10.2. The zero-order valence-corrected chi connectivity index (χ0v) is 17.7. The van der Waals surface area contributed by atoms with Gasteiger partial charge in [0.05, 0.1) is 25.7 Å². The van der Waals surface area contributed by atoms with Crippen LogP contribution in [0.1, 0.15) is 15.9 Å². The molecule has 0 radical (unpaired) electrons. The summed E-state index contributed by atoms with van der Waals surface area (Å²) < 4.78 is 18.2. The smallest absolute Gasteiger partial charge is 0.332 e. The normalized spacial score (nSPS) is 12.2. The van der Waals surface area contributed by atoms with Crippen LogP contribution in [-0.4, -0.2) is 33.8 Å². The van der Waals surface area contributed by atoms with Gasteiger partial charge in [-0.15, -0.1) is 0 Å². The molecule has 0 N–H and O–H groups in total. The lowest BCUT2D eigenvalue weighted by molar-refractivity contribution is 0.0971. The highest BCUT2D eigenvalue weighted by Crippen LogP contribution is 2.32. The molecule has 2 aromatic heterocycles. The van der Waals surface area contributed by atoms with Crippen LogP contribution < -0.4 is 25.5 Å². The Bertz CT molecular complexity index is 1490. The molecule has 33 heavy (non-hydrogen) atoms. The molecule has 0 saturated carbocycles. The van der Waals surface area contributed by atoms with Crippen molar-refractivity contribution in [2.75, 3.05) is 13.9 Å². The van der Waals surface area contributed by atoms with Gasteiger partial charge in [-0.1, -0.05) is 6.07 Å². The van der Waals surface area contributed by atoms with Crippen LogP contribution in [-0.2, 0) is 13.1 Å². The average Bonchev–Trinajstić information content (AvgIpc) is 3.32. The Morgan fingerprint density at radius 2 is 1.82 bits per heavy atom. The number of methoxy groups -OCH3 is 1. The topological polar surface area (TPSA) is 102 Å². The molecule has 1 aliphatic heterocycles. The monoisotopic (exact) mass is 445 g/mol.